The van der Waals surface area contributed by atoms with E-state index in [2.05, 4.69) is 48.3 Å². The summed E-state index contributed by atoms with van der Waals surface area (Å²) in [6, 6.07) is 5.04. The smallest absolute Gasteiger partial charge is 0.373 e. The van der Waals surface area contributed by atoms with Gasteiger partial charge in [-0.3, -0.25) is 10.1 Å². The van der Waals surface area contributed by atoms with Crippen LogP contribution in [-0.2, 0) is 0 Å². The summed E-state index contributed by atoms with van der Waals surface area (Å²) in [6.07, 6.45) is 2.86. The molecule has 0 unspecified atom stereocenters. The fourth-order valence-electron chi connectivity index (χ4n) is 4.12. The molecule has 156 valence electrons. The minimum Gasteiger partial charge on any atom is -0.434 e. The molecule has 2 N–H and O–H groups in total. The first-order valence-electron chi connectivity index (χ1n) is 9.45. The van der Waals surface area contributed by atoms with Gasteiger partial charge in [0.25, 0.3) is 0 Å². The highest BCUT2D eigenvalue weighted by molar-refractivity contribution is 6.31. The molecule has 8 nitrogen and oxygen atoms in total. The van der Waals surface area contributed by atoms with Gasteiger partial charge in [0.05, 0.1) is 4.92 Å². The third-order valence-corrected chi connectivity index (χ3v) is 5.27. The van der Waals surface area contributed by atoms with Crippen molar-refractivity contribution in [2.45, 2.75) is 64.6 Å². The van der Waals surface area contributed by atoms with Crippen molar-refractivity contribution in [3.05, 3.63) is 45.2 Å². The Hall–Kier alpha value is -2.45. The fraction of sp³-hybridized carbons (Fsp3) is 0.500. The van der Waals surface area contributed by atoms with Crippen molar-refractivity contribution in [1.29, 1.82) is 0 Å². The number of anilines is 1. The van der Waals surface area contributed by atoms with Crippen LogP contribution in [0.3, 0.4) is 0 Å². The normalized spacial score (nSPS) is 18.3. The van der Waals surface area contributed by atoms with Gasteiger partial charge in [-0.15, -0.1) is 0 Å². The van der Waals surface area contributed by atoms with Gasteiger partial charge < -0.3 is 15.4 Å². The molecule has 2 aromatic rings. The van der Waals surface area contributed by atoms with E-state index in [1.807, 2.05) is 6.92 Å². The number of aromatic nitrogens is 2. The maximum absolute atomic E-state index is 11.8. The van der Waals surface area contributed by atoms with Crippen LogP contribution in [0.15, 0.2) is 24.5 Å². The van der Waals surface area contributed by atoms with Gasteiger partial charge in [-0.2, -0.15) is 4.98 Å². The molecule has 1 aliphatic heterocycles. The second-order valence-corrected chi connectivity index (χ2v) is 9.20. The predicted molar refractivity (Wildman–Crippen MR) is 113 cm³/mol. The summed E-state index contributed by atoms with van der Waals surface area (Å²) in [6.45, 7) is 10.3. The zero-order valence-corrected chi connectivity index (χ0v) is 18.0. The van der Waals surface area contributed by atoms with Gasteiger partial charge in [0.15, 0.2) is 0 Å². The number of nitro groups is 1. The molecule has 0 aliphatic carbocycles. The van der Waals surface area contributed by atoms with Gasteiger partial charge >= 0.3 is 11.6 Å². The lowest BCUT2D eigenvalue weighted by Gasteiger charge is -2.46. The van der Waals surface area contributed by atoms with Crippen LogP contribution in [0.1, 0.15) is 46.1 Å². The van der Waals surface area contributed by atoms with Gasteiger partial charge in [-0.05, 0) is 71.2 Å². The molecule has 3 rings (SSSR count). The topological polar surface area (TPSA) is 102 Å². The van der Waals surface area contributed by atoms with Crippen LogP contribution in [-0.4, -0.2) is 32.0 Å². The predicted octanol–water partition coefficient (Wildman–Crippen LogP) is 4.86. The van der Waals surface area contributed by atoms with E-state index in [1.165, 1.54) is 6.33 Å². The van der Waals surface area contributed by atoms with Gasteiger partial charge in [0.1, 0.15) is 12.1 Å². The van der Waals surface area contributed by atoms with Crippen molar-refractivity contribution in [2.75, 3.05) is 5.32 Å². The Morgan fingerprint density at radius 2 is 1.90 bits per heavy atom. The van der Waals surface area contributed by atoms with E-state index in [-0.39, 0.29) is 34.5 Å². The van der Waals surface area contributed by atoms with Crippen LogP contribution in [0.5, 0.6) is 11.6 Å². The monoisotopic (exact) mass is 419 g/mol. The molecule has 0 radical (unpaired) electrons. The van der Waals surface area contributed by atoms with Crippen molar-refractivity contribution in [1.82, 2.24) is 15.3 Å². The molecule has 0 bridgehead atoms. The third kappa shape index (κ3) is 5.13. The van der Waals surface area contributed by atoms with Crippen molar-refractivity contribution in [3.8, 4) is 11.6 Å². The summed E-state index contributed by atoms with van der Waals surface area (Å²) in [4.78, 5) is 19.4. The number of ether oxygens (including phenoxy) is 1. The Balaban J connectivity index is 1.91. The van der Waals surface area contributed by atoms with Crippen LogP contribution in [0.4, 0.5) is 11.5 Å². The van der Waals surface area contributed by atoms with E-state index in [0.29, 0.717) is 10.8 Å². The Morgan fingerprint density at radius 3 is 2.48 bits per heavy atom. The molecule has 1 aromatic carbocycles. The summed E-state index contributed by atoms with van der Waals surface area (Å²) in [5.74, 6) is 0.467. The molecule has 0 amide bonds. The van der Waals surface area contributed by atoms with Crippen molar-refractivity contribution in [2.24, 2.45) is 0 Å². The Kier molecular flexibility index (Phi) is 5.69. The number of aryl methyl sites for hydroxylation is 1. The SMILES string of the molecule is Cc1cc(Oc2ncnc(NC3CC(C)(C)NC(C)(C)C3)c2[N+](=O)[O-])ccc1Cl. The number of nitrogens with zero attached hydrogens (tertiary/aromatic N) is 3. The summed E-state index contributed by atoms with van der Waals surface area (Å²) >= 11 is 6.04. The first-order valence-corrected chi connectivity index (χ1v) is 9.83. The number of piperidine rings is 1. The summed E-state index contributed by atoms with van der Waals surface area (Å²) in [7, 11) is 0. The highest BCUT2D eigenvalue weighted by atomic mass is 35.5. The molecule has 1 fully saturated rings. The van der Waals surface area contributed by atoms with Gasteiger partial charge in [-0.25, -0.2) is 4.98 Å². The minimum absolute atomic E-state index is 0.0143. The molecule has 0 saturated carbocycles. The number of hydrogen-bond acceptors (Lipinski definition) is 7. The second-order valence-electron chi connectivity index (χ2n) is 8.79. The highest BCUT2D eigenvalue weighted by Crippen LogP contribution is 2.37. The lowest BCUT2D eigenvalue weighted by molar-refractivity contribution is -0.385. The highest BCUT2D eigenvalue weighted by Gasteiger charge is 2.39. The lowest BCUT2D eigenvalue weighted by atomic mass is 9.79. The Morgan fingerprint density at radius 1 is 1.24 bits per heavy atom. The number of hydrogen-bond donors (Lipinski definition) is 2. The van der Waals surface area contributed by atoms with Crippen molar-refractivity contribution < 1.29 is 9.66 Å². The zero-order valence-electron chi connectivity index (χ0n) is 17.2. The molecule has 9 heteroatoms. The first-order chi connectivity index (χ1) is 13.5. The third-order valence-electron chi connectivity index (χ3n) is 4.85. The van der Waals surface area contributed by atoms with E-state index < -0.39 is 4.92 Å². The van der Waals surface area contributed by atoms with E-state index in [1.54, 1.807) is 18.2 Å². The second kappa shape index (κ2) is 7.76. The number of benzene rings is 1. The van der Waals surface area contributed by atoms with Crippen LogP contribution in [0, 0.1) is 17.0 Å². The van der Waals surface area contributed by atoms with E-state index >= 15 is 0 Å². The van der Waals surface area contributed by atoms with Crippen LogP contribution in [0.25, 0.3) is 0 Å². The number of halogens is 1. The fourth-order valence-corrected chi connectivity index (χ4v) is 4.24. The lowest BCUT2D eigenvalue weighted by Crippen LogP contribution is -2.60. The molecular weight excluding hydrogens is 394 g/mol. The van der Waals surface area contributed by atoms with E-state index in [9.17, 15) is 10.1 Å². The maximum Gasteiger partial charge on any atom is 0.373 e. The molecule has 1 aromatic heterocycles. The average Bonchev–Trinajstić information content (AvgIpc) is 2.55. The zero-order chi connectivity index (χ0) is 21.4. The Labute approximate surface area is 175 Å². The summed E-state index contributed by atoms with van der Waals surface area (Å²) < 4.78 is 5.71. The molecule has 1 aliphatic rings. The van der Waals surface area contributed by atoms with Crippen molar-refractivity contribution >= 4 is 23.1 Å². The quantitative estimate of drug-likeness (QED) is 0.526. The largest absolute Gasteiger partial charge is 0.434 e. The van der Waals surface area contributed by atoms with E-state index in [4.69, 9.17) is 16.3 Å². The molecule has 0 atom stereocenters. The van der Waals surface area contributed by atoms with Gasteiger partial charge in [-0.1, -0.05) is 11.6 Å². The molecule has 1 saturated heterocycles. The molecular formula is C20H26ClN5O3. The molecule has 2 heterocycles. The van der Waals surface area contributed by atoms with E-state index in [0.717, 1.165) is 18.4 Å². The van der Waals surface area contributed by atoms with Gasteiger partial charge in [0, 0.05) is 22.1 Å². The van der Waals surface area contributed by atoms with Crippen LogP contribution < -0.4 is 15.4 Å². The summed E-state index contributed by atoms with van der Waals surface area (Å²) in [5, 5.41) is 19.3. The van der Waals surface area contributed by atoms with Gasteiger partial charge in [0.2, 0.25) is 5.82 Å². The average molecular weight is 420 g/mol. The molecule has 0 spiro atoms. The standard InChI is InChI=1S/C20H26ClN5O3/c1-12-8-14(6-7-15(12)21)29-18-16(26(27)28)17(22-11-23-18)24-13-9-19(2,3)25-20(4,5)10-13/h6-8,11,13,25H,9-10H2,1-5H3,(H,22,23,24). The number of nitrogens with one attached hydrogen (secondary N) is 2. The number of rotatable bonds is 5. The van der Waals surface area contributed by atoms with Crippen molar-refractivity contribution in [3.63, 3.8) is 0 Å². The summed E-state index contributed by atoms with van der Waals surface area (Å²) in [5.41, 5.74) is 0.302. The maximum atomic E-state index is 11.8. The van der Waals surface area contributed by atoms with Crippen LogP contribution >= 0.6 is 11.6 Å². The van der Waals surface area contributed by atoms with Crippen LogP contribution in [0.2, 0.25) is 5.02 Å². The first kappa shape index (κ1) is 21.3. The minimum atomic E-state index is -0.516. The molecule has 29 heavy (non-hydrogen) atoms. The Bertz CT molecular complexity index is 916.